The topological polar surface area (TPSA) is 237 Å². The molecule has 3 N–H and O–H groups in total. The maximum absolute atomic E-state index is 13.0. The number of phosphoric ester groups is 2. The molecule has 6 atom stereocenters. The smallest absolute Gasteiger partial charge is 0.462 e. The molecule has 0 rings (SSSR count). The molecule has 0 heterocycles. The Hall–Kier alpha value is -1.94. The number of hydrogen-bond donors (Lipinski definition) is 3. The predicted octanol–water partition coefficient (Wildman–Crippen LogP) is 18.2. The molecule has 0 saturated heterocycles. The fraction of sp³-hybridized carbons (Fsp3) is 0.938. The van der Waals surface area contributed by atoms with Crippen molar-refractivity contribution in [3.63, 3.8) is 0 Å². The van der Waals surface area contributed by atoms with Crippen molar-refractivity contribution in [2.24, 2.45) is 5.92 Å². The highest BCUT2D eigenvalue weighted by Gasteiger charge is 2.30. The number of carbonyl (C=O) groups excluding carboxylic acids is 4. The first-order valence-corrected chi connectivity index (χ1v) is 37.2. The van der Waals surface area contributed by atoms with Crippen molar-refractivity contribution in [2.75, 3.05) is 39.6 Å². The first kappa shape index (κ1) is 82.1. The number of unbranched alkanes of at least 4 members (excludes halogenated alkanes) is 36. The average molecular weight is 1240 g/mol. The van der Waals surface area contributed by atoms with Crippen molar-refractivity contribution in [1.82, 2.24) is 0 Å². The molecule has 0 aromatic heterocycles. The fourth-order valence-electron chi connectivity index (χ4n) is 9.73. The van der Waals surface area contributed by atoms with Crippen LogP contribution in [0.4, 0.5) is 0 Å². The van der Waals surface area contributed by atoms with Gasteiger partial charge in [-0.15, -0.1) is 0 Å². The Kier molecular flexibility index (Phi) is 57.4. The van der Waals surface area contributed by atoms with Crippen molar-refractivity contribution in [1.29, 1.82) is 0 Å². The quantitative estimate of drug-likeness (QED) is 0.0222. The minimum atomic E-state index is -4.94. The highest BCUT2D eigenvalue weighted by Crippen LogP contribution is 2.45. The number of esters is 4. The average Bonchev–Trinajstić information content (AvgIpc) is 3.58. The second-order valence-electron chi connectivity index (χ2n) is 23.7. The lowest BCUT2D eigenvalue weighted by molar-refractivity contribution is -0.161. The largest absolute Gasteiger partial charge is 0.472 e. The molecule has 0 aliphatic carbocycles. The maximum Gasteiger partial charge on any atom is 0.472 e. The molecule has 0 fully saturated rings. The van der Waals surface area contributed by atoms with Gasteiger partial charge in [0.25, 0.3) is 0 Å². The first-order valence-electron chi connectivity index (χ1n) is 34.2. The van der Waals surface area contributed by atoms with E-state index < -0.39 is 97.5 Å². The third kappa shape index (κ3) is 57.8. The summed E-state index contributed by atoms with van der Waals surface area (Å²) < 4.78 is 67.9. The lowest BCUT2D eigenvalue weighted by Gasteiger charge is -2.21. The van der Waals surface area contributed by atoms with Crippen LogP contribution in [0.25, 0.3) is 0 Å². The van der Waals surface area contributed by atoms with Crippen LogP contribution in [0.2, 0.25) is 0 Å². The number of aliphatic hydroxyl groups is 1. The Morgan fingerprint density at radius 3 is 0.845 bits per heavy atom. The molecule has 0 saturated carbocycles. The zero-order chi connectivity index (χ0) is 62.0. The van der Waals surface area contributed by atoms with E-state index in [9.17, 15) is 43.2 Å². The van der Waals surface area contributed by atoms with Gasteiger partial charge in [-0.1, -0.05) is 279 Å². The van der Waals surface area contributed by atoms with E-state index in [0.29, 0.717) is 25.7 Å². The van der Waals surface area contributed by atoms with Crippen molar-refractivity contribution in [3.8, 4) is 0 Å². The summed E-state index contributed by atoms with van der Waals surface area (Å²) >= 11 is 0. The molecular weight excluding hydrogens is 1110 g/mol. The Labute approximate surface area is 511 Å². The van der Waals surface area contributed by atoms with Crippen LogP contribution < -0.4 is 0 Å². The normalized spacial score (nSPS) is 14.5. The van der Waals surface area contributed by atoms with Crippen molar-refractivity contribution < 1.29 is 80.2 Å². The lowest BCUT2D eigenvalue weighted by Crippen LogP contribution is -2.30. The number of carbonyl (C=O) groups is 4. The minimum absolute atomic E-state index is 0.105. The molecule has 0 aromatic rings. The van der Waals surface area contributed by atoms with Gasteiger partial charge in [-0.3, -0.25) is 37.3 Å². The summed E-state index contributed by atoms with van der Waals surface area (Å²) in [6, 6.07) is 0. The van der Waals surface area contributed by atoms with E-state index in [1.807, 2.05) is 0 Å². The molecule has 0 spiro atoms. The third-order valence-electron chi connectivity index (χ3n) is 15.4. The first-order chi connectivity index (χ1) is 40.6. The summed E-state index contributed by atoms with van der Waals surface area (Å²) in [4.78, 5) is 72.1. The second-order valence-corrected chi connectivity index (χ2v) is 26.7. The second kappa shape index (κ2) is 58.7. The molecule has 0 aliphatic heterocycles. The zero-order valence-corrected chi connectivity index (χ0v) is 55.8. The molecule has 498 valence electrons. The van der Waals surface area contributed by atoms with Gasteiger partial charge in [0.05, 0.1) is 26.4 Å². The Morgan fingerprint density at radius 1 is 0.333 bits per heavy atom. The van der Waals surface area contributed by atoms with Gasteiger partial charge in [-0.2, -0.15) is 0 Å². The fourth-order valence-corrected chi connectivity index (χ4v) is 11.3. The Bertz CT molecular complexity index is 1640. The summed E-state index contributed by atoms with van der Waals surface area (Å²) in [6.45, 7) is 7.17. The van der Waals surface area contributed by atoms with Gasteiger partial charge in [0.15, 0.2) is 12.2 Å². The number of rotatable bonds is 65. The summed E-state index contributed by atoms with van der Waals surface area (Å²) in [5, 5.41) is 10.5. The van der Waals surface area contributed by atoms with Crippen LogP contribution in [-0.4, -0.2) is 96.7 Å². The van der Waals surface area contributed by atoms with Crippen molar-refractivity contribution in [2.45, 2.75) is 348 Å². The predicted molar refractivity (Wildman–Crippen MR) is 335 cm³/mol. The van der Waals surface area contributed by atoms with Crippen molar-refractivity contribution in [3.05, 3.63) is 0 Å². The number of phosphoric acid groups is 2. The van der Waals surface area contributed by atoms with E-state index in [1.165, 1.54) is 135 Å². The van der Waals surface area contributed by atoms with E-state index in [0.717, 1.165) is 115 Å². The Morgan fingerprint density at radius 2 is 0.571 bits per heavy atom. The van der Waals surface area contributed by atoms with Crippen molar-refractivity contribution >= 4 is 39.5 Å². The maximum atomic E-state index is 13.0. The lowest BCUT2D eigenvalue weighted by atomic mass is 9.99. The van der Waals surface area contributed by atoms with E-state index in [2.05, 4.69) is 34.6 Å². The summed E-state index contributed by atoms with van der Waals surface area (Å²) in [7, 11) is -9.88. The molecule has 0 aliphatic rings. The van der Waals surface area contributed by atoms with E-state index in [-0.39, 0.29) is 25.7 Å². The van der Waals surface area contributed by atoms with Crippen LogP contribution in [0.15, 0.2) is 0 Å². The van der Waals surface area contributed by atoms with Gasteiger partial charge in [0.2, 0.25) is 0 Å². The standard InChI is InChI=1S/C65H126O17P2/c1-6-10-13-16-19-21-22-23-24-25-26-31-36-41-46-51-65(70)82-61(55-76-63(68)49-44-39-35-30-28-27-29-33-37-42-47-58(5)9-4)57-80-84(73,74)78-53-59(66)52-77-83(71,72)79-56-60(54-75-62(67)48-43-38-32-18-15-12-8-3)81-64(69)50-45-40-34-20-17-14-11-7-2/h58-61,66H,6-57H2,1-5H3,(H,71,72)(H,73,74)/t58?,59-,60+,61+/m0/s1. The Balaban J connectivity index is 5.19. The number of aliphatic hydroxyl groups excluding tert-OH is 1. The van der Waals surface area contributed by atoms with Crippen LogP contribution in [0.1, 0.15) is 330 Å². The summed E-state index contributed by atoms with van der Waals surface area (Å²) in [6.07, 6.45) is 43.1. The van der Waals surface area contributed by atoms with Crippen LogP contribution in [-0.2, 0) is 65.4 Å². The van der Waals surface area contributed by atoms with E-state index in [1.54, 1.807) is 0 Å². The molecule has 84 heavy (non-hydrogen) atoms. The van der Waals surface area contributed by atoms with Crippen LogP contribution in [0, 0.1) is 5.92 Å². The van der Waals surface area contributed by atoms with Gasteiger partial charge in [0, 0.05) is 25.7 Å². The van der Waals surface area contributed by atoms with Gasteiger partial charge >= 0.3 is 39.5 Å². The van der Waals surface area contributed by atoms with Gasteiger partial charge in [0.1, 0.15) is 19.3 Å². The van der Waals surface area contributed by atoms with Gasteiger partial charge in [-0.05, 0) is 31.6 Å². The van der Waals surface area contributed by atoms with E-state index >= 15 is 0 Å². The molecular formula is C65H126O17P2. The summed E-state index contributed by atoms with van der Waals surface area (Å²) in [5.41, 5.74) is 0. The van der Waals surface area contributed by atoms with Crippen LogP contribution in [0.3, 0.4) is 0 Å². The molecule has 0 aromatic carbocycles. The van der Waals surface area contributed by atoms with Crippen LogP contribution in [0.5, 0.6) is 0 Å². The summed E-state index contributed by atoms with van der Waals surface area (Å²) in [5.74, 6) is -1.33. The minimum Gasteiger partial charge on any atom is -0.462 e. The van der Waals surface area contributed by atoms with Gasteiger partial charge in [-0.25, -0.2) is 9.13 Å². The molecule has 17 nitrogen and oxygen atoms in total. The molecule has 0 amide bonds. The van der Waals surface area contributed by atoms with E-state index in [4.69, 9.17) is 37.0 Å². The highest BCUT2D eigenvalue weighted by atomic mass is 31.2. The zero-order valence-electron chi connectivity index (χ0n) is 54.0. The molecule has 0 radical (unpaired) electrons. The van der Waals surface area contributed by atoms with Gasteiger partial charge < -0.3 is 33.8 Å². The highest BCUT2D eigenvalue weighted by molar-refractivity contribution is 7.47. The third-order valence-corrected chi connectivity index (χ3v) is 17.3. The SMILES string of the molecule is CCCCCCCCCCCCCCCCCC(=O)O[C@H](COC(=O)CCCCCCCCCCCCC(C)CC)COP(=O)(O)OC[C@@H](O)COP(=O)(O)OC[C@@H](COC(=O)CCCCCCCCC)OC(=O)CCCCCCCCCC. The number of hydrogen-bond acceptors (Lipinski definition) is 15. The monoisotopic (exact) mass is 1240 g/mol. The molecule has 0 bridgehead atoms. The number of ether oxygens (including phenoxy) is 4. The molecule has 19 heteroatoms. The van der Waals surface area contributed by atoms with Crippen LogP contribution >= 0.6 is 15.6 Å². The molecule has 3 unspecified atom stereocenters.